The van der Waals surface area contributed by atoms with Crippen LogP contribution in [0.1, 0.15) is 18.1 Å². The number of urea groups is 1. The van der Waals surface area contributed by atoms with E-state index >= 15 is 0 Å². The number of carbonyl (C=O) groups excluding carboxylic acids is 1. The van der Waals surface area contributed by atoms with Gasteiger partial charge < -0.3 is 15.7 Å². The smallest absolute Gasteiger partial charge is 0.319 e. The van der Waals surface area contributed by atoms with Crippen molar-refractivity contribution in [2.24, 2.45) is 0 Å². The molecule has 1 rings (SSSR count). The molecule has 0 bridgehead atoms. The molecule has 0 radical (unpaired) electrons. The van der Waals surface area contributed by atoms with E-state index in [1.807, 2.05) is 26.0 Å². The fraction of sp³-hybridized carbons (Fsp3) is 0.308. The Morgan fingerprint density at radius 2 is 2.24 bits per heavy atom. The Labute approximate surface area is 101 Å². The van der Waals surface area contributed by atoms with Crippen LogP contribution in [0.5, 0.6) is 0 Å². The molecule has 4 heteroatoms. The maximum Gasteiger partial charge on any atom is 0.319 e. The maximum atomic E-state index is 11.3. The Balaban J connectivity index is 2.85. The highest BCUT2D eigenvalue weighted by molar-refractivity contribution is 5.89. The molecule has 4 nitrogen and oxygen atoms in total. The van der Waals surface area contributed by atoms with Gasteiger partial charge in [-0.2, -0.15) is 0 Å². The number of carbonyl (C=O) groups is 1. The standard InChI is InChI=1S/C13H16N2O2/c1-3-14-13(17)15-12-7-6-10(2)11(9-12)5-4-8-16/h6-7,9,16H,3,8H2,1-2H3,(H2,14,15,17). The lowest BCUT2D eigenvalue weighted by molar-refractivity contribution is 0.252. The first-order chi connectivity index (χ1) is 8.17. The van der Waals surface area contributed by atoms with E-state index in [-0.39, 0.29) is 12.6 Å². The third kappa shape index (κ3) is 4.17. The Hall–Kier alpha value is -1.99. The van der Waals surface area contributed by atoms with Crippen LogP contribution < -0.4 is 10.6 Å². The minimum Gasteiger partial charge on any atom is -0.384 e. The number of aryl methyl sites for hydroxylation is 1. The average molecular weight is 232 g/mol. The Bertz CT molecular complexity index is 458. The molecule has 3 N–H and O–H groups in total. The normalized spacial score (nSPS) is 9.12. The first-order valence-electron chi connectivity index (χ1n) is 5.42. The zero-order valence-electron chi connectivity index (χ0n) is 10.0. The number of nitrogens with one attached hydrogen (secondary N) is 2. The number of benzene rings is 1. The number of anilines is 1. The summed E-state index contributed by atoms with van der Waals surface area (Å²) in [5.41, 5.74) is 2.49. The van der Waals surface area contributed by atoms with E-state index in [0.29, 0.717) is 12.2 Å². The maximum absolute atomic E-state index is 11.3. The third-order valence-electron chi connectivity index (χ3n) is 2.13. The summed E-state index contributed by atoms with van der Waals surface area (Å²) in [5, 5.41) is 14.0. The predicted molar refractivity (Wildman–Crippen MR) is 67.8 cm³/mol. The minimum absolute atomic E-state index is 0.173. The van der Waals surface area contributed by atoms with Crippen molar-refractivity contribution < 1.29 is 9.90 Å². The lowest BCUT2D eigenvalue weighted by atomic mass is 10.1. The van der Waals surface area contributed by atoms with Crippen LogP contribution in [0.15, 0.2) is 18.2 Å². The van der Waals surface area contributed by atoms with E-state index in [0.717, 1.165) is 11.1 Å². The Kier molecular flexibility index (Phi) is 5.05. The highest BCUT2D eigenvalue weighted by Crippen LogP contribution is 2.14. The second-order valence-corrected chi connectivity index (χ2v) is 3.47. The van der Waals surface area contributed by atoms with Crippen LogP contribution in [0.3, 0.4) is 0 Å². The molecule has 2 amide bonds. The van der Waals surface area contributed by atoms with Gasteiger partial charge in [0, 0.05) is 17.8 Å². The lowest BCUT2D eigenvalue weighted by Gasteiger charge is -2.07. The highest BCUT2D eigenvalue weighted by Gasteiger charge is 2.01. The van der Waals surface area contributed by atoms with Crippen molar-refractivity contribution >= 4 is 11.7 Å². The largest absolute Gasteiger partial charge is 0.384 e. The number of hydrogen-bond acceptors (Lipinski definition) is 2. The van der Waals surface area contributed by atoms with E-state index in [9.17, 15) is 4.79 Å². The van der Waals surface area contributed by atoms with E-state index in [2.05, 4.69) is 22.5 Å². The number of aliphatic hydroxyl groups excluding tert-OH is 1. The van der Waals surface area contributed by atoms with Gasteiger partial charge >= 0.3 is 6.03 Å². The second-order valence-electron chi connectivity index (χ2n) is 3.47. The molecular weight excluding hydrogens is 216 g/mol. The molecule has 0 saturated carbocycles. The third-order valence-corrected chi connectivity index (χ3v) is 2.13. The Morgan fingerprint density at radius 1 is 1.47 bits per heavy atom. The van der Waals surface area contributed by atoms with E-state index < -0.39 is 0 Å². The van der Waals surface area contributed by atoms with Crippen molar-refractivity contribution in [3.63, 3.8) is 0 Å². The molecule has 0 fully saturated rings. The van der Waals surface area contributed by atoms with Crippen molar-refractivity contribution in [3.05, 3.63) is 29.3 Å². The van der Waals surface area contributed by atoms with Gasteiger partial charge in [0.15, 0.2) is 0 Å². The molecule has 0 heterocycles. The van der Waals surface area contributed by atoms with Gasteiger partial charge in [0.2, 0.25) is 0 Å². The molecule has 0 saturated heterocycles. The number of hydrogen-bond donors (Lipinski definition) is 3. The molecule has 0 aromatic heterocycles. The number of rotatable bonds is 2. The van der Waals surface area contributed by atoms with Gasteiger partial charge in [0.05, 0.1) is 0 Å². The summed E-state index contributed by atoms with van der Waals surface area (Å²) in [6.45, 7) is 4.19. The summed E-state index contributed by atoms with van der Waals surface area (Å²) >= 11 is 0. The highest BCUT2D eigenvalue weighted by atomic mass is 16.2. The fourth-order valence-corrected chi connectivity index (χ4v) is 1.31. The summed E-state index contributed by atoms with van der Waals surface area (Å²) in [6.07, 6.45) is 0. The van der Waals surface area contributed by atoms with Crippen LogP contribution in [0, 0.1) is 18.8 Å². The van der Waals surface area contributed by atoms with Crippen LogP contribution in [0.25, 0.3) is 0 Å². The van der Waals surface area contributed by atoms with Crippen molar-refractivity contribution in [2.45, 2.75) is 13.8 Å². The second kappa shape index (κ2) is 6.56. The molecule has 0 aliphatic carbocycles. The van der Waals surface area contributed by atoms with Crippen LogP contribution in [-0.2, 0) is 0 Å². The van der Waals surface area contributed by atoms with E-state index in [1.165, 1.54) is 0 Å². The molecule has 0 atom stereocenters. The van der Waals surface area contributed by atoms with Crippen molar-refractivity contribution in [2.75, 3.05) is 18.5 Å². The van der Waals surface area contributed by atoms with Gasteiger partial charge in [-0.25, -0.2) is 4.79 Å². The fourth-order valence-electron chi connectivity index (χ4n) is 1.31. The molecule has 0 aliphatic heterocycles. The van der Waals surface area contributed by atoms with E-state index in [4.69, 9.17) is 5.11 Å². The van der Waals surface area contributed by atoms with Crippen molar-refractivity contribution in [1.29, 1.82) is 0 Å². The quantitative estimate of drug-likeness (QED) is 0.676. The van der Waals surface area contributed by atoms with Crippen LogP contribution >= 0.6 is 0 Å². The molecule has 0 spiro atoms. The monoisotopic (exact) mass is 232 g/mol. The molecule has 90 valence electrons. The van der Waals surface area contributed by atoms with Gasteiger partial charge in [-0.05, 0) is 31.5 Å². The van der Waals surface area contributed by atoms with Crippen molar-refractivity contribution in [1.82, 2.24) is 5.32 Å². The number of aliphatic hydroxyl groups is 1. The van der Waals surface area contributed by atoms with Gasteiger partial charge in [0.1, 0.15) is 6.61 Å². The summed E-state index contributed by atoms with van der Waals surface area (Å²) in [7, 11) is 0. The van der Waals surface area contributed by atoms with Crippen LogP contribution in [-0.4, -0.2) is 24.3 Å². The van der Waals surface area contributed by atoms with E-state index in [1.54, 1.807) is 6.07 Å². The molecule has 17 heavy (non-hydrogen) atoms. The summed E-state index contributed by atoms with van der Waals surface area (Å²) in [4.78, 5) is 11.3. The predicted octanol–water partition coefficient (Wildman–Crippen LogP) is 1.48. The van der Waals surface area contributed by atoms with Gasteiger partial charge in [-0.1, -0.05) is 17.9 Å². The first-order valence-corrected chi connectivity index (χ1v) is 5.42. The summed E-state index contributed by atoms with van der Waals surface area (Å²) in [6, 6.07) is 5.24. The summed E-state index contributed by atoms with van der Waals surface area (Å²) in [5.74, 6) is 5.42. The lowest BCUT2D eigenvalue weighted by Crippen LogP contribution is -2.28. The number of amides is 2. The minimum atomic E-state index is -0.238. The molecule has 1 aromatic carbocycles. The zero-order chi connectivity index (χ0) is 12.7. The zero-order valence-corrected chi connectivity index (χ0v) is 10.0. The van der Waals surface area contributed by atoms with Crippen LogP contribution in [0.4, 0.5) is 10.5 Å². The topological polar surface area (TPSA) is 61.4 Å². The van der Waals surface area contributed by atoms with Gasteiger partial charge in [-0.15, -0.1) is 0 Å². The molecule has 0 aliphatic rings. The van der Waals surface area contributed by atoms with Gasteiger partial charge in [-0.3, -0.25) is 0 Å². The Morgan fingerprint density at radius 3 is 2.88 bits per heavy atom. The molecule has 0 unspecified atom stereocenters. The van der Waals surface area contributed by atoms with Crippen molar-refractivity contribution in [3.8, 4) is 11.8 Å². The summed E-state index contributed by atoms with van der Waals surface area (Å²) < 4.78 is 0. The average Bonchev–Trinajstić information content (AvgIpc) is 2.30. The molecular formula is C13H16N2O2. The SMILES string of the molecule is CCNC(=O)Nc1ccc(C)c(C#CCO)c1. The first kappa shape index (κ1) is 13.1. The van der Waals surface area contributed by atoms with Gasteiger partial charge in [0.25, 0.3) is 0 Å². The van der Waals surface area contributed by atoms with Crippen LogP contribution in [0.2, 0.25) is 0 Å². The molecule has 1 aromatic rings.